The zero-order valence-corrected chi connectivity index (χ0v) is 20.3. The zero-order valence-electron chi connectivity index (χ0n) is 19.5. The van der Waals surface area contributed by atoms with E-state index in [4.69, 9.17) is 4.74 Å². The van der Waals surface area contributed by atoms with Gasteiger partial charge in [0.25, 0.3) is 5.91 Å². The number of hydrogen-bond acceptors (Lipinski definition) is 6. The minimum Gasteiger partial charge on any atom is -0.495 e. The topological polar surface area (TPSA) is 101 Å². The molecule has 3 aromatic rings. The smallest absolute Gasteiger partial charge is 0.261 e. The molecule has 35 heavy (non-hydrogen) atoms. The number of pyridine rings is 1. The van der Waals surface area contributed by atoms with E-state index in [-0.39, 0.29) is 24.4 Å². The summed E-state index contributed by atoms with van der Waals surface area (Å²) in [7, 11) is 1.51. The molecule has 1 aliphatic carbocycles. The largest absolute Gasteiger partial charge is 0.495 e. The highest BCUT2D eigenvalue weighted by atomic mass is 32.1. The van der Waals surface area contributed by atoms with Crippen LogP contribution in [0.1, 0.15) is 47.0 Å². The fraction of sp³-hybridized carbons (Fsp3) is 0.308. The Morgan fingerprint density at radius 3 is 2.60 bits per heavy atom. The molecular weight excluding hydrogens is 464 g/mol. The lowest BCUT2D eigenvalue weighted by Crippen LogP contribution is -2.49. The van der Waals surface area contributed by atoms with Crippen LogP contribution in [0, 0.1) is 0 Å². The molecule has 0 aliphatic heterocycles. The van der Waals surface area contributed by atoms with Crippen molar-refractivity contribution in [3.8, 4) is 5.75 Å². The van der Waals surface area contributed by atoms with Crippen molar-refractivity contribution in [2.24, 2.45) is 0 Å². The fourth-order valence-electron chi connectivity index (χ4n) is 4.29. The number of thiophene rings is 1. The molecule has 0 saturated heterocycles. The number of anilines is 1. The van der Waals surface area contributed by atoms with Crippen LogP contribution >= 0.6 is 11.3 Å². The van der Waals surface area contributed by atoms with Crippen LogP contribution in [-0.4, -0.2) is 42.4 Å². The number of ether oxygens (including phenoxy) is 1. The monoisotopic (exact) mass is 492 g/mol. The number of aromatic nitrogens is 1. The van der Waals surface area contributed by atoms with Gasteiger partial charge in [-0.3, -0.25) is 24.3 Å². The van der Waals surface area contributed by atoms with E-state index in [0.717, 1.165) is 25.7 Å². The third-order valence-electron chi connectivity index (χ3n) is 5.97. The Balaban J connectivity index is 1.70. The molecule has 1 fully saturated rings. The maximum atomic E-state index is 13.7. The van der Waals surface area contributed by atoms with Gasteiger partial charge in [0.15, 0.2) is 0 Å². The third kappa shape index (κ3) is 5.86. The maximum absolute atomic E-state index is 13.7. The molecule has 2 N–H and O–H groups in total. The number of nitrogens with one attached hydrogen (secondary N) is 2. The Morgan fingerprint density at radius 2 is 1.91 bits per heavy atom. The van der Waals surface area contributed by atoms with Crippen LogP contribution in [0.3, 0.4) is 0 Å². The molecule has 0 radical (unpaired) electrons. The average molecular weight is 493 g/mol. The molecule has 9 heteroatoms. The predicted octanol–water partition coefficient (Wildman–Crippen LogP) is 3.71. The Bertz CT molecular complexity index is 1150. The van der Waals surface area contributed by atoms with Crippen LogP contribution in [-0.2, 0) is 9.59 Å². The number of hydrogen-bond donors (Lipinski definition) is 2. The molecule has 1 atom stereocenters. The molecule has 182 valence electrons. The Kier molecular flexibility index (Phi) is 8.10. The number of nitrogens with zero attached hydrogens (tertiary/aromatic N) is 2. The van der Waals surface area contributed by atoms with Crippen molar-refractivity contribution in [3.63, 3.8) is 0 Å². The highest BCUT2D eigenvalue weighted by Crippen LogP contribution is 2.35. The van der Waals surface area contributed by atoms with Crippen LogP contribution < -0.4 is 20.3 Å². The van der Waals surface area contributed by atoms with Crippen LogP contribution in [0.2, 0.25) is 0 Å². The number of benzene rings is 1. The van der Waals surface area contributed by atoms with E-state index >= 15 is 0 Å². The number of para-hydroxylation sites is 2. The van der Waals surface area contributed by atoms with Gasteiger partial charge in [0.1, 0.15) is 11.8 Å². The van der Waals surface area contributed by atoms with Gasteiger partial charge in [0.2, 0.25) is 11.8 Å². The van der Waals surface area contributed by atoms with Gasteiger partial charge in [-0.05, 0) is 42.5 Å². The van der Waals surface area contributed by atoms with Gasteiger partial charge in [-0.2, -0.15) is 0 Å². The second-order valence-corrected chi connectivity index (χ2v) is 9.22. The number of methoxy groups -OCH3 is 1. The lowest BCUT2D eigenvalue weighted by molar-refractivity contribution is -0.126. The summed E-state index contributed by atoms with van der Waals surface area (Å²) in [6.07, 6.45) is 7.14. The first-order valence-corrected chi connectivity index (χ1v) is 12.4. The zero-order chi connectivity index (χ0) is 24.6. The second kappa shape index (κ2) is 11.6. The normalized spacial score (nSPS) is 14.2. The lowest BCUT2D eigenvalue weighted by atomic mass is 10.0. The second-order valence-electron chi connectivity index (χ2n) is 8.27. The summed E-state index contributed by atoms with van der Waals surface area (Å²) in [6, 6.07) is 13.1. The molecule has 0 unspecified atom stereocenters. The number of carbonyl (C=O) groups is 3. The van der Waals surface area contributed by atoms with Crippen LogP contribution in [0.5, 0.6) is 5.75 Å². The molecule has 1 aliphatic rings. The molecule has 1 saturated carbocycles. The van der Waals surface area contributed by atoms with Crippen LogP contribution in [0.15, 0.2) is 66.3 Å². The summed E-state index contributed by atoms with van der Waals surface area (Å²) >= 11 is 1.29. The summed E-state index contributed by atoms with van der Waals surface area (Å²) < 4.78 is 5.53. The quantitative estimate of drug-likeness (QED) is 0.474. The van der Waals surface area contributed by atoms with Gasteiger partial charge < -0.3 is 15.4 Å². The van der Waals surface area contributed by atoms with E-state index in [9.17, 15) is 14.4 Å². The molecular formula is C26H28N4O4S. The van der Waals surface area contributed by atoms with Crippen LogP contribution in [0.4, 0.5) is 5.69 Å². The Hall–Kier alpha value is -3.72. The molecule has 2 heterocycles. The van der Waals surface area contributed by atoms with Crippen LogP contribution in [0.25, 0.3) is 0 Å². The predicted molar refractivity (Wildman–Crippen MR) is 135 cm³/mol. The highest BCUT2D eigenvalue weighted by Gasteiger charge is 2.35. The Labute approximate surface area is 208 Å². The van der Waals surface area contributed by atoms with E-state index in [0.29, 0.717) is 21.9 Å². The standard InChI is InChI=1S/C26H28N4O4S/c1-34-21-12-5-4-11-20(21)30(23(31)17-28-25(32)22-13-7-15-35-22)24(18-8-6-14-27-16-18)26(33)29-19-9-2-3-10-19/h4-8,11-16,19,24H,2-3,9-10,17H2,1H3,(H,28,32)(H,29,33)/t24-/m0/s1. The molecule has 2 aromatic heterocycles. The number of carbonyl (C=O) groups excluding carboxylic acids is 3. The van der Waals surface area contributed by atoms with Crippen molar-refractivity contribution in [3.05, 3.63) is 76.7 Å². The summed E-state index contributed by atoms with van der Waals surface area (Å²) in [5.74, 6) is -0.654. The summed E-state index contributed by atoms with van der Waals surface area (Å²) in [6.45, 7) is -0.289. The SMILES string of the molecule is COc1ccccc1N(C(=O)CNC(=O)c1cccs1)[C@H](C(=O)NC1CCCC1)c1cccnc1. The van der Waals surface area contributed by atoms with E-state index < -0.39 is 11.9 Å². The van der Waals surface area contributed by atoms with E-state index in [1.165, 1.54) is 23.3 Å². The molecule has 0 spiro atoms. The lowest BCUT2D eigenvalue weighted by Gasteiger charge is -2.33. The first-order valence-electron chi connectivity index (χ1n) is 11.6. The summed E-state index contributed by atoms with van der Waals surface area (Å²) in [5, 5.41) is 7.60. The molecule has 8 nitrogen and oxygen atoms in total. The number of amides is 3. The molecule has 0 bridgehead atoms. The Morgan fingerprint density at radius 1 is 1.11 bits per heavy atom. The van der Waals surface area contributed by atoms with Gasteiger partial charge in [-0.1, -0.05) is 37.1 Å². The first kappa shape index (κ1) is 24.4. The van der Waals surface area contributed by atoms with E-state index in [1.807, 2.05) is 0 Å². The van der Waals surface area contributed by atoms with Crippen molar-refractivity contribution < 1.29 is 19.1 Å². The average Bonchev–Trinajstić information content (AvgIpc) is 3.61. The molecule has 3 amide bonds. The first-order chi connectivity index (χ1) is 17.1. The number of rotatable bonds is 9. The van der Waals surface area contributed by atoms with Crippen molar-refractivity contribution in [2.75, 3.05) is 18.6 Å². The van der Waals surface area contributed by atoms with Crippen molar-refractivity contribution in [2.45, 2.75) is 37.8 Å². The minimum atomic E-state index is -0.994. The molecule has 4 rings (SSSR count). The minimum absolute atomic E-state index is 0.0647. The fourth-order valence-corrected chi connectivity index (χ4v) is 4.93. The van der Waals surface area contributed by atoms with E-state index in [2.05, 4.69) is 15.6 Å². The summed E-state index contributed by atoms with van der Waals surface area (Å²) in [4.78, 5) is 46.0. The van der Waals surface area contributed by atoms with Crippen molar-refractivity contribution >= 4 is 34.7 Å². The van der Waals surface area contributed by atoms with E-state index in [1.54, 1.807) is 66.3 Å². The highest BCUT2D eigenvalue weighted by molar-refractivity contribution is 7.12. The third-order valence-corrected chi connectivity index (χ3v) is 6.84. The van der Waals surface area contributed by atoms with Crippen molar-refractivity contribution in [1.82, 2.24) is 15.6 Å². The van der Waals surface area contributed by atoms with Gasteiger partial charge >= 0.3 is 0 Å². The molecule has 1 aromatic carbocycles. The van der Waals surface area contributed by atoms with Gasteiger partial charge in [0.05, 0.1) is 24.2 Å². The van der Waals surface area contributed by atoms with Gasteiger partial charge in [0, 0.05) is 24.0 Å². The maximum Gasteiger partial charge on any atom is 0.261 e. The summed E-state index contributed by atoms with van der Waals surface area (Å²) in [5.41, 5.74) is 0.993. The van der Waals surface area contributed by atoms with Crippen molar-refractivity contribution in [1.29, 1.82) is 0 Å². The van der Waals surface area contributed by atoms with Gasteiger partial charge in [-0.15, -0.1) is 11.3 Å². The van der Waals surface area contributed by atoms with Gasteiger partial charge in [-0.25, -0.2) is 0 Å².